The average Bonchev–Trinajstić information content (AvgIpc) is 3.07. The fraction of sp³-hybridized carbons (Fsp3) is 0.611. The van der Waals surface area contributed by atoms with Crippen molar-refractivity contribution >= 4 is 35.6 Å². The Morgan fingerprint density at radius 3 is 2.92 bits per heavy atom. The summed E-state index contributed by atoms with van der Waals surface area (Å²) in [5, 5.41) is 15.3. The number of nitrogens with zero attached hydrogens (tertiary/aromatic N) is 5. The van der Waals surface area contributed by atoms with Crippen LogP contribution in [-0.4, -0.2) is 57.7 Å². The largest absolute Gasteiger partial charge is 0.357 e. The van der Waals surface area contributed by atoms with Gasteiger partial charge in [0.15, 0.2) is 17.4 Å². The van der Waals surface area contributed by atoms with Gasteiger partial charge in [0, 0.05) is 25.3 Å². The van der Waals surface area contributed by atoms with Gasteiger partial charge in [-0.05, 0) is 45.0 Å². The minimum absolute atomic E-state index is 0. The van der Waals surface area contributed by atoms with E-state index in [1.165, 1.54) is 25.8 Å². The van der Waals surface area contributed by atoms with Gasteiger partial charge >= 0.3 is 0 Å². The average molecular weight is 471 g/mol. The lowest BCUT2D eigenvalue weighted by Gasteiger charge is -2.35. The third kappa shape index (κ3) is 5.29. The summed E-state index contributed by atoms with van der Waals surface area (Å²) in [6, 6.07) is 6.49. The van der Waals surface area contributed by atoms with Crippen LogP contribution < -0.4 is 10.6 Å². The first kappa shape index (κ1) is 20.9. The maximum absolute atomic E-state index is 4.69. The van der Waals surface area contributed by atoms with Gasteiger partial charge in [0.05, 0.1) is 0 Å². The van der Waals surface area contributed by atoms with Crippen LogP contribution in [0.2, 0.25) is 0 Å². The van der Waals surface area contributed by atoms with Crippen molar-refractivity contribution in [2.75, 3.05) is 26.2 Å². The molecule has 1 aliphatic rings. The molecular formula is C18H30IN7. The van der Waals surface area contributed by atoms with Gasteiger partial charge in [-0.2, -0.15) is 0 Å². The van der Waals surface area contributed by atoms with E-state index >= 15 is 0 Å². The molecule has 1 unspecified atom stereocenters. The molecule has 2 N–H and O–H groups in total. The molecule has 0 aromatic carbocycles. The summed E-state index contributed by atoms with van der Waals surface area (Å²) in [5.74, 6) is 1.69. The minimum atomic E-state index is 0. The van der Waals surface area contributed by atoms with Crippen molar-refractivity contribution < 1.29 is 0 Å². The van der Waals surface area contributed by atoms with Crippen molar-refractivity contribution in [3.8, 4) is 0 Å². The van der Waals surface area contributed by atoms with Crippen molar-refractivity contribution in [3.05, 3.63) is 30.2 Å². The third-order valence-corrected chi connectivity index (χ3v) is 4.77. The number of pyridine rings is 1. The predicted molar refractivity (Wildman–Crippen MR) is 116 cm³/mol. The van der Waals surface area contributed by atoms with Gasteiger partial charge in [-0.25, -0.2) is 4.99 Å². The molecule has 0 spiro atoms. The van der Waals surface area contributed by atoms with E-state index < -0.39 is 0 Å². The van der Waals surface area contributed by atoms with Gasteiger partial charge in [0.2, 0.25) is 0 Å². The summed E-state index contributed by atoms with van der Waals surface area (Å²) in [6.45, 7) is 8.93. The number of nitrogens with one attached hydrogen (secondary N) is 2. The zero-order chi connectivity index (χ0) is 17.5. The van der Waals surface area contributed by atoms with Crippen molar-refractivity contribution in [3.63, 3.8) is 0 Å². The molecule has 0 amide bonds. The van der Waals surface area contributed by atoms with Crippen LogP contribution in [0, 0.1) is 0 Å². The standard InChI is InChI=1S/C18H29N7.HI/c1-3-19-18(20-13-15-9-5-7-11-24(15)4-2)21-14-17-23-22-16-10-6-8-12-25(16)17;/h6,8,10,12,15H,3-5,7,9,11,13-14H2,1-2H3,(H2,19,20,21);1H. The summed E-state index contributed by atoms with van der Waals surface area (Å²) in [7, 11) is 0. The molecule has 0 radical (unpaired) electrons. The Morgan fingerprint density at radius 1 is 1.23 bits per heavy atom. The topological polar surface area (TPSA) is 69.8 Å². The molecule has 1 aliphatic heterocycles. The van der Waals surface area contributed by atoms with Crippen LogP contribution in [-0.2, 0) is 6.54 Å². The lowest BCUT2D eigenvalue weighted by Crippen LogP contribution is -2.49. The Morgan fingerprint density at radius 2 is 2.12 bits per heavy atom. The van der Waals surface area contributed by atoms with E-state index in [1.807, 2.05) is 28.8 Å². The number of hydrogen-bond acceptors (Lipinski definition) is 4. The number of guanidine groups is 1. The highest BCUT2D eigenvalue weighted by molar-refractivity contribution is 14.0. The summed E-state index contributed by atoms with van der Waals surface area (Å²) < 4.78 is 1.98. The molecule has 144 valence electrons. The fourth-order valence-corrected chi connectivity index (χ4v) is 3.41. The van der Waals surface area contributed by atoms with Gasteiger partial charge < -0.3 is 10.6 Å². The van der Waals surface area contributed by atoms with Crippen LogP contribution >= 0.6 is 24.0 Å². The smallest absolute Gasteiger partial charge is 0.191 e. The number of aromatic nitrogens is 3. The van der Waals surface area contributed by atoms with Crippen LogP contribution in [0.3, 0.4) is 0 Å². The number of rotatable bonds is 6. The first-order valence-corrected chi connectivity index (χ1v) is 9.36. The molecular weight excluding hydrogens is 441 g/mol. The van der Waals surface area contributed by atoms with E-state index in [4.69, 9.17) is 4.99 Å². The van der Waals surface area contributed by atoms with E-state index in [-0.39, 0.29) is 24.0 Å². The maximum Gasteiger partial charge on any atom is 0.191 e. The number of fused-ring (bicyclic) bond motifs is 1. The Bertz CT molecular complexity index is 700. The third-order valence-electron chi connectivity index (χ3n) is 4.77. The zero-order valence-electron chi connectivity index (χ0n) is 15.7. The summed E-state index contributed by atoms with van der Waals surface area (Å²) >= 11 is 0. The number of piperidine rings is 1. The van der Waals surface area contributed by atoms with Crippen molar-refractivity contribution in [2.24, 2.45) is 4.99 Å². The SMILES string of the molecule is CCNC(=NCc1nnc2ccccn12)NCC1CCCCN1CC.I. The number of hydrogen-bond donors (Lipinski definition) is 2. The highest BCUT2D eigenvalue weighted by Gasteiger charge is 2.20. The quantitative estimate of drug-likeness (QED) is 0.385. The van der Waals surface area contributed by atoms with Crippen LogP contribution in [0.15, 0.2) is 29.4 Å². The normalized spacial score (nSPS) is 18.5. The monoisotopic (exact) mass is 471 g/mol. The van der Waals surface area contributed by atoms with Gasteiger partial charge in [-0.15, -0.1) is 34.2 Å². The molecule has 0 aliphatic carbocycles. The highest BCUT2D eigenvalue weighted by Crippen LogP contribution is 2.15. The molecule has 3 heterocycles. The lowest BCUT2D eigenvalue weighted by atomic mass is 10.0. The maximum atomic E-state index is 4.69. The van der Waals surface area contributed by atoms with E-state index in [9.17, 15) is 0 Å². The molecule has 7 nitrogen and oxygen atoms in total. The van der Waals surface area contributed by atoms with E-state index in [1.54, 1.807) is 0 Å². The van der Waals surface area contributed by atoms with Gasteiger partial charge in [-0.1, -0.05) is 19.4 Å². The molecule has 1 saturated heterocycles. The molecule has 1 atom stereocenters. The minimum Gasteiger partial charge on any atom is -0.357 e. The Hall–Kier alpha value is -1.42. The molecule has 0 bridgehead atoms. The second-order valence-corrected chi connectivity index (χ2v) is 6.40. The first-order chi connectivity index (χ1) is 12.3. The highest BCUT2D eigenvalue weighted by atomic mass is 127. The Balaban J connectivity index is 0.00000243. The number of likely N-dealkylation sites (N-methyl/N-ethyl adjacent to an activating group) is 1. The predicted octanol–water partition coefficient (Wildman–Crippen LogP) is 2.28. The van der Waals surface area contributed by atoms with E-state index in [2.05, 4.69) is 39.6 Å². The molecule has 2 aromatic heterocycles. The Kier molecular flexibility index (Phi) is 8.56. The summed E-state index contributed by atoms with van der Waals surface area (Å²) in [5.41, 5.74) is 0.853. The molecule has 0 saturated carbocycles. The molecule has 26 heavy (non-hydrogen) atoms. The number of halogens is 1. The Labute approximate surface area is 172 Å². The molecule has 8 heteroatoms. The second-order valence-electron chi connectivity index (χ2n) is 6.40. The molecule has 1 fully saturated rings. The van der Waals surface area contributed by atoms with Gasteiger partial charge in [0.25, 0.3) is 0 Å². The zero-order valence-corrected chi connectivity index (χ0v) is 18.0. The lowest BCUT2D eigenvalue weighted by molar-refractivity contribution is 0.157. The van der Waals surface area contributed by atoms with Crippen LogP contribution in [0.25, 0.3) is 5.65 Å². The van der Waals surface area contributed by atoms with Crippen LogP contribution in [0.1, 0.15) is 38.9 Å². The molecule has 3 rings (SSSR count). The first-order valence-electron chi connectivity index (χ1n) is 9.36. The van der Waals surface area contributed by atoms with E-state index in [0.29, 0.717) is 12.6 Å². The number of aliphatic imine (C=N–C) groups is 1. The second kappa shape index (κ2) is 10.7. The fourth-order valence-electron chi connectivity index (χ4n) is 3.41. The van der Waals surface area contributed by atoms with Crippen molar-refractivity contribution in [2.45, 2.75) is 45.7 Å². The van der Waals surface area contributed by atoms with E-state index in [0.717, 1.165) is 37.1 Å². The van der Waals surface area contributed by atoms with Gasteiger partial charge in [-0.3, -0.25) is 9.30 Å². The van der Waals surface area contributed by atoms with Crippen LogP contribution in [0.4, 0.5) is 0 Å². The van der Waals surface area contributed by atoms with Crippen LogP contribution in [0.5, 0.6) is 0 Å². The van der Waals surface area contributed by atoms with Crippen molar-refractivity contribution in [1.29, 1.82) is 0 Å². The summed E-state index contributed by atoms with van der Waals surface area (Å²) in [6.07, 6.45) is 5.87. The van der Waals surface area contributed by atoms with Crippen molar-refractivity contribution in [1.82, 2.24) is 30.1 Å². The summed E-state index contributed by atoms with van der Waals surface area (Å²) in [4.78, 5) is 7.26. The van der Waals surface area contributed by atoms with Gasteiger partial charge in [0.1, 0.15) is 6.54 Å². The molecule has 2 aromatic rings. The number of likely N-dealkylation sites (tertiary alicyclic amines) is 1.